The lowest BCUT2D eigenvalue weighted by Gasteiger charge is -2.33. The van der Waals surface area contributed by atoms with Gasteiger partial charge in [-0.1, -0.05) is 0 Å². The van der Waals surface area contributed by atoms with Crippen LogP contribution in [-0.4, -0.2) is 96.3 Å². The molecule has 3 aromatic heterocycles. The largest absolute Gasteiger partial charge is 0.416 e. The third-order valence-electron chi connectivity index (χ3n) is 6.46. The topological polar surface area (TPSA) is 169 Å². The molecule has 2 aliphatic rings. The van der Waals surface area contributed by atoms with Crippen LogP contribution in [0.2, 0.25) is 0 Å². The number of nitrogens with zero attached hydrogens (tertiary/aromatic N) is 8. The van der Waals surface area contributed by atoms with Crippen LogP contribution in [0.5, 0.6) is 0 Å². The van der Waals surface area contributed by atoms with Crippen LogP contribution >= 0.6 is 11.3 Å². The van der Waals surface area contributed by atoms with Crippen LogP contribution in [0.3, 0.4) is 0 Å². The smallest absolute Gasteiger partial charge is 0.227 e. The fourth-order valence-corrected chi connectivity index (χ4v) is 6.78. The van der Waals surface area contributed by atoms with E-state index in [-0.39, 0.29) is 5.95 Å². The highest BCUT2D eigenvalue weighted by Gasteiger charge is 2.26. The Morgan fingerprint density at radius 2 is 1.82 bits per heavy atom. The van der Waals surface area contributed by atoms with Crippen molar-refractivity contribution in [3.05, 3.63) is 22.8 Å². The fourth-order valence-electron chi connectivity index (χ4n) is 4.38. The molecule has 206 valence electrons. The highest BCUT2D eigenvalue weighted by atomic mass is 32.2. The molecule has 5 rings (SSSR count). The van der Waals surface area contributed by atoms with Gasteiger partial charge in [0.05, 0.1) is 35.2 Å². The second-order valence-corrected chi connectivity index (χ2v) is 12.8. The van der Waals surface area contributed by atoms with Gasteiger partial charge in [0, 0.05) is 63.1 Å². The molecule has 0 saturated carbocycles. The monoisotopic (exact) mass is 582 g/mol. The van der Waals surface area contributed by atoms with Crippen molar-refractivity contribution >= 4 is 54.2 Å². The van der Waals surface area contributed by atoms with Crippen LogP contribution < -0.4 is 10.8 Å². The Morgan fingerprint density at radius 1 is 1.13 bits per heavy atom. The van der Waals surface area contributed by atoms with E-state index in [1.165, 1.54) is 27.8 Å². The molecule has 2 fully saturated rings. The fraction of sp³-hybridized carbons (Fsp3) is 0.524. The molecule has 2 aliphatic heterocycles. The average Bonchev–Trinajstić information content (AvgIpc) is 3.23. The number of thiophene rings is 1. The zero-order chi connectivity index (χ0) is 26.9. The number of fused-ring (bicyclic) bond motifs is 1. The van der Waals surface area contributed by atoms with E-state index >= 15 is 0 Å². The molecule has 0 radical (unpaired) electrons. The number of hydrogen-bond donors (Lipinski definition) is 1. The number of anilines is 1. The molecule has 17 heteroatoms. The highest BCUT2D eigenvalue weighted by Crippen LogP contribution is 2.38. The van der Waals surface area contributed by atoms with Gasteiger partial charge in [0.15, 0.2) is 11.6 Å². The Bertz CT molecular complexity index is 1490. The van der Waals surface area contributed by atoms with Gasteiger partial charge in [-0.05, 0) is 23.4 Å². The average molecular weight is 583 g/mol. The molecule has 0 unspecified atom stereocenters. The Labute approximate surface area is 226 Å². The molecule has 38 heavy (non-hydrogen) atoms. The van der Waals surface area contributed by atoms with Crippen LogP contribution in [-0.2, 0) is 40.7 Å². The van der Waals surface area contributed by atoms with Gasteiger partial charge >= 0.3 is 0 Å². The summed E-state index contributed by atoms with van der Waals surface area (Å²) in [5.74, 6) is 6.14. The second kappa shape index (κ2) is 11.4. The van der Waals surface area contributed by atoms with Gasteiger partial charge in [-0.15, -0.1) is 11.3 Å². The molecule has 3 aromatic rings. The maximum Gasteiger partial charge on any atom is 0.227 e. The first kappa shape index (κ1) is 27.2. The highest BCUT2D eigenvalue weighted by molar-refractivity contribution is 7.88. The van der Waals surface area contributed by atoms with Gasteiger partial charge < -0.3 is 22.5 Å². The summed E-state index contributed by atoms with van der Waals surface area (Å²) >= 11 is 1.67. The van der Waals surface area contributed by atoms with E-state index in [1.54, 1.807) is 11.3 Å². The maximum absolute atomic E-state index is 11.9. The Kier molecular flexibility index (Phi) is 8.15. The number of sulfonamides is 1. The number of piperazine rings is 1. The standard InChI is InChI=1S/C21H28N9O5S3/c1-14-16(13-28-3-5-30(6-4-28)38(2,32)33)36-18-17(14)25-19(26-20(18)29-7-9-34-10-8-29)15-11-23-21(24-12-15)27-37(31)35-22/h11-12H,3-10,13,22H2,1-2H3/q-1. The zero-order valence-electron chi connectivity index (χ0n) is 20.9. The number of aryl methyl sites for hydroxylation is 1. The first-order chi connectivity index (χ1) is 18.2. The van der Waals surface area contributed by atoms with Crippen LogP contribution in [0.25, 0.3) is 21.6 Å². The Hall–Kier alpha value is -2.38. The van der Waals surface area contributed by atoms with Crippen molar-refractivity contribution in [1.29, 1.82) is 0 Å². The Balaban J connectivity index is 1.48. The maximum atomic E-state index is 11.9. The van der Waals surface area contributed by atoms with E-state index < -0.39 is 20.9 Å². The van der Waals surface area contributed by atoms with Crippen molar-refractivity contribution in [1.82, 2.24) is 29.1 Å². The molecule has 0 atom stereocenters. The van der Waals surface area contributed by atoms with Gasteiger partial charge in [0.2, 0.25) is 16.0 Å². The number of aromatic nitrogens is 4. The summed E-state index contributed by atoms with van der Waals surface area (Å²) in [6.45, 7) is 7.73. The number of nitrogens with two attached hydrogens (primary N) is 1. The van der Waals surface area contributed by atoms with Crippen molar-refractivity contribution in [2.24, 2.45) is 10.3 Å². The van der Waals surface area contributed by atoms with E-state index in [0.717, 1.165) is 21.6 Å². The van der Waals surface area contributed by atoms with Gasteiger partial charge in [-0.2, -0.15) is 4.31 Å². The van der Waals surface area contributed by atoms with Crippen LogP contribution in [0.4, 0.5) is 11.8 Å². The molecular formula is C21H28N9O5S3-. The molecule has 0 aromatic carbocycles. The molecule has 2 N–H and O–H groups in total. The van der Waals surface area contributed by atoms with Crippen LogP contribution in [0, 0.1) is 6.92 Å². The van der Waals surface area contributed by atoms with E-state index in [4.69, 9.17) is 20.6 Å². The predicted molar refractivity (Wildman–Crippen MR) is 143 cm³/mol. The van der Waals surface area contributed by atoms with Crippen molar-refractivity contribution < 1.29 is 21.6 Å². The quantitative estimate of drug-likeness (QED) is 0.310. The van der Waals surface area contributed by atoms with E-state index in [9.17, 15) is 12.6 Å². The van der Waals surface area contributed by atoms with E-state index in [0.29, 0.717) is 70.4 Å². The van der Waals surface area contributed by atoms with Crippen LogP contribution in [0.15, 0.2) is 16.8 Å². The molecular weight excluding hydrogens is 554 g/mol. The van der Waals surface area contributed by atoms with Crippen molar-refractivity contribution in [3.63, 3.8) is 0 Å². The number of ether oxygens (including phenoxy) is 1. The summed E-state index contributed by atoms with van der Waals surface area (Å²) in [7, 11) is -5.25. The molecule has 0 bridgehead atoms. The minimum atomic E-state index is -3.18. The number of hydrogen-bond acceptors (Lipinski definition) is 15. The third kappa shape index (κ3) is 5.94. The third-order valence-corrected chi connectivity index (χ3v) is 9.50. The number of morpholine rings is 1. The summed E-state index contributed by atoms with van der Waals surface area (Å²) in [6, 6.07) is 0. The Morgan fingerprint density at radius 3 is 2.45 bits per heavy atom. The normalized spacial score (nSPS) is 18.9. The van der Waals surface area contributed by atoms with Gasteiger partial charge in [0.1, 0.15) is 0 Å². The zero-order valence-corrected chi connectivity index (χ0v) is 23.4. The minimum Gasteiger partial charge on any atom is -0.416 e. The number of rotatable bonds is 7. The lowest BCUT2D eigenvalue weighted by Crippen LogP contribution is -2.47. The van der Waals surface area contributed by atoms with Gasteiger partial charge in [-0.25, -0.2) is 34.3 Å². The van der Waals surface area contributed by atoms with Crippen molar-refractivity contribution in [3.8, 4) is 11.4 Å². The van der Waals surface area contributed by atoms with E-state index in [1.807, 2.05) is 0 Å². The van der Waals surface area contributed by atoms with Crippen molar-refractivity contribution in [2.45, 2.75) is 13.5 Å². The summed E-state index contributed by atoms with van der Waals surface area (Å²) in [6.07, 6.45) is 4.30. The first-order valence-electron chi connectivity index (χ1n) is 11.9. The van der Waals surface area contributed by atoms with Gasteiger partial charge in [0.25, 0.3) is 0 Å². The minimum absolute atomic E-state index is 0.0306. The molecule has 5 heterocycles. The van der Waals surface area contributed by atoms with Crippen molar-refractivity contribution in [2.75, 3.05) is 63.6 Å². The van der Waals surface area contributed by atoms with E-state index in [2.05, 4.69) is 35.3 Å². The second-order valence-electron chi connectivity index (χ2n) is 8.91. The molecule has 0 aliphatic carbocycles. The molecule has 2 saturated heterocycles. The molecule has 0 spiro atoms. The summed E-state index contributed by atoms with van der Waals surface area (Å²) < 4.78 is 51.0. The summed E-state index contributed by atoms with van der Waals surface area (Å²) in [5.41, 5.74) is 2.51. The molecule has 0 amide bonds. The SMILES string of the molecule is Cc1c(CN2CCN(S(C)(=O)=O)CC2)sc2c(N3CCOCC3)nc(-c3cnc(N=[S-](=O)ON)nc3)nc12. The lowest BCUT2D eigenvalue weighted by atomic mass is 10.2. The lowest BCUT2D eigenvalue weighted by molar-refractivity contribution is 0.122. The van der Waals surface area contributed by atoms with Gasteiger partial charge in [-0.3, -0.25) is 4.90 Å². The summed E-state index contributed by atoms with van der Waals surface area (Å²) in [4.78, 5) is 23.7. The molecule has 14 nitrogen and oxygen atoms in total. The predicted octanol–water partition coefficient (Wildman–Crippen LogP) is 0.955. The summed E-state index contributed by atoms with van der Waals surface area (Å²) in [5, 5.41) is 0. The first-order valence-corrected chi connectivity index (χ1v) is 15.6. The van der Waals surface area contributed by atoms with Crippen LogP contribution in [0.1, 0.15) is 10.4 Å².